The van der Waals surface area contributed by atoms with Crippen molar-refractivity contribution in [3.05, 3.63) is 60.2 Å². The van der Waals surface area contributed by atoms with Crippen LogP contribution in [0.25, 0.3) is 0 Å². The standard InChI is InChI=1S/C22H27N3O2/c26-21(17-25-15-9-2-1-3-10-16-25)24-20-14-8-7-13-19(20)22(27)23-18-11-5-4-6-12-18/h4-8,11-14H,1-3,9-10,15-17H2,(H,23,27)(H,24,26). The van der Waals surface area contributed by atoms with Crippen molar-refractivity contribution in [2.45, 2.75) is 32.1 Å². The summed E-state index contributed by atoms with van der Waals surface area (Å²) >= 11 is 0. The average Bonchev–Trinajstić information content (AvgIpc) is 2.65. The Hall–Kier alpha value is -2.66. The van der Waals surface area contributed by atoms with Gasteiger partial charge in [-0.15, -0.1) is 0 Å². The summed E-state index contributed by atoms with van der Waals surface area (Å²) in [7, 11) is 0. The lowest BCUT2D eigenvalue weighted by Gasteiger charge is -2.24. The number of carbonyl (C=O) groups is 2. The second-order valence-corrected chi connectivity index (χ2v) is 6.96. The van der Waals surface area contributed by atoms with Gasteiger partial charge in [-0.1, -0.05) is 49.6 Å². The highest BCUT2D eigenvalue weighted by atomic mass is 16.2. The maximum Gasteiger partial charge on any atom is 0.257 e. The summed E-state index contributed by atoms with van der Waals surface area (Å²) in [4.78, 5) is 27.4. The van der Waals surface area contributed by atoms with Gasteiger partial charge in [0.2, 0.25) is 5.91 Å². The molecular weight excluding hydrogens is 338 g/mol. The first kappa shape index (κ1) is 19.1. The Bertz CT molecular complexity index is 753. The van der Waals surface area contributed by atoms with Gasteiger partial charge in [0.05, 0.1) is 17.8 Å². The molecule has 3 rings (SSSR count). The first-order chi connectivity index (χ1) is 13.2. The van der Waals surface area contributed by atoms with E-state index in [9.17, 15) is 9.59 Å². The molecule has 1 saturated heterocycles. The molecule has 1 aliphatic heterocycles. The lowest BCUT2D eigenvalue weighted by Crippen LogP contribution is -2.35. The number of benzene rings is 2. The maximum absolute atomic E-state index is 12.6. The fourth-order valence-electron chi connectivity index (χ4n) is 3.37. The van der Waals surface area contributed by atoms with Crippen LogP contribution in [0.3, 0.4) is 0 Å². The van der Waals surface area contributed by atoms with E-state index in [1.54, 1.807) is 18.2 Å². The Kier molecular flexibility index (Phi) is 6.99. The van der Waals surface area contributed by atoms with Crippen LogP contribution in [0.1, 0.15) is 42.5 Å². The number of amides is 2. The van der Waals surface area contributed by atoms with Crippen LogP contribution in [0.2, 0.25) is 0 Å². The molecule has 2 aromatic rings. The lowest BCUT2D eigenvalue weighted by atomic mass is 10.1. The zero-order chi connectivity index (χ0) is 18.9. The fourth-order valence-corrected chi connectivity index (χ4v) is 3.37. The minimum Gasteiger partial charge on any atom is -0.324 e. The molecule has 1 aliphatic rings. The highest BCUT2D eigenvalue weighted by Gasteiger charge is 2.16. The summed E-state index contributed by atoms with van der Waals surface area (Å²) in [5.41, 5.74) is 1.73. The normalized spacial score (nSPS) is 15.4. The van der Waals surface area contributed by atoms with Crippen molar-refractivity contribution < 1.29 is 9.59 Å². The Morgan fingerprint density at radius 1 is 0.778 bits per heavy atom. The Morgan fingerprint density at radius 3 is 2.15 bits per heavy atom. The molecule has 27 heavy (non-hydrogen) atoms. The van der Waals surface area contributed by atoms with Crippen LogP contribution in [-0.4, -0.2) is 36.3 Å². The molecule has 0 unspecified atom stereocenters. The smallest absolute Gasteiger partial charge is 0.257 e. The zero-order valence-corrected chi connectivity index (χ0v) is 15.6. The van der Waals surface area contributed by atoms with Crippen molar-refractivity contribution >= 4 is 23.2 Å². The lowest BCUT2D eigenvalue weighted by molar-refractivity contribution is -0.117. The van der Waals surface area contributed by atoms with Gasteiger partial charge < -0.3 is 10.6 Å². The summed E-state index contributed by atoms with van der Waals surface area (Å²) in [6, 6.07) is 16.4. The molecule has 0 bridgehead atoms. The Labute approximate surface area is 160 Å². The summed E-state index contributed by atoms with van der Waals surface area (Å²) in [6.07, 6.45) is 6.05. The molecule has 0 radical (unpaired) electrons. The minimum absolute atomic E-state index is 0.0736. The van der Waals surface area contributed by atoms with Crippen LogP contribution in [0, 0.1) is 0 Å². The third-order valence-corrected chi connectivity index (χ3v) is 4.79. The third-order valence-electron chi connectivity index (χ3n) is 4.79. The Morgan fingerprint density at radius 2 is 1.41 bits per heavy atom. The van der Waals surface area contributed by atoms with Crippen molar-refractivity contribution in [1.29, 1.82) is 0 Å². The summed E-state index contributed by atoms with van der Waals surface area (Å²) in [6.45, 7) is 2.29. The number of rotatable bonds is 5. The van der Waals surface area contributed by atoms with E-state index in [1.807, 2.05) is 36.4 Å². The van der Waals surface area contributed by atoms with E-state index in [4.69, 9.17) is 0 Å². The average molecular weight is 365 g/mol. The number of likely N-dealkylation sites (tertiary alicyclic amines) is 1. The number of hydrogen-bond acceptors (Lipinski definition) is 3. The molecule has 2 N–H and O–H groups in total. The maximum atomic E-state index is 12.6. The second-order valence-electron chi connectivity index (χ2n) is 6.96. The number of para-hydroxylation sites is 2. The first-order valence-electron chi connectivity index (χ1n) is 9.70. The van der Waals surface area contributed by atoms with Crippen LogP contribution >= 0.6 is 0 Å². The van der Waals surface area contributed by atoms with Gasteiger partial charge in [0.15, 0.2) is 0 Å². The molecule has 5 heteroatoms. The molecule has 0 saturated carbocycles. The molecule has 0 spiro atoms. The zero-order valence-electron chi connectivity index (χ0n) is 15.6. The molecule has 0 aliphatic carbocycles. The largest absolute Gasteiger partial charge is 0.324 e. The van der Waals surface area contributed by atoms with E-state index < -0.39 is 0 Å². The number of nitrogens with zero attached hydrogens (tertiary/aromatic N) is 1. The number of carbonyl (C=O) groups excluding carboxylic acids is 2. The van der Waals surface area contributed by atoms with Crippen LogP contribution in [0.15, 0.2) is 54.6 Å². The number of hydrogen-bond donors (Lipinski definition) is 2. The van der Waals surface area contributed by atoms with Gasteiger partial charge in [-0.3, -0.25) is 14.5 Å². The van der Waals surface area contributed by atoms with Gasteiger partial charge in [-0.05, 0) is 50.2 Å². The topological polar surface area (TPSA) is 61.4 Å². The summed E-state index contributed by atoms with van der Waals surface area (Å²) < 4.78 is 0. The van der Waals surface area contributed by atoms with Crippen molar-refractivity contribution in [3.63, 3.8) is 0 Å². The van der Waals surface area contributed by atoms with Gasteiger partial charge >= 0.3 is 0 Å². The second kappa shape index (κ2) is 9.88. The summed E-state index contributed by atoms with van der Waals surface area (Å²) in [5.74, 6) is -0.307. The predicted molar refractivity (Wildman–Crippen MR) is 109 cm³/mol. The van der Waals surface area contributed by atoms with Gasteiger partial charge in [0.25, 0.3) is 5.91 Å². The van der Waals surface area contributed by atoms with Crippen molar-refractivity contribution in [3.8, 4) is 0 Å². The third kappa shape index (κ3) is 5.93. The first-order valence-corrected chi connectivity index (χ1v) is 9.70. The van der Waals surface area contributed by atoms with Gasteiger partial charge in [-0.2, -0.15) is 0 Å². The molecule has 0 atom stereocenters. The van der Waals surface area contributed by atoms with E-state index in [0.29, 0.717) is 17.8 Å². The monoisotopic (exact) mass is 365 g/mol. The molecule has 2 aromatic carbocycles. The van der Waals surface area contributed by atoms with E-state index in [1.165, 1.54) is 19.3 Å². The van der Waals surface area contributed by atoms with Crippen LogP contribution in [-0.2, 0) is 4.79 Å². The van der Waals surface area contributed by atoms with E-state index in [0.717, 1.165) is 31.6 Å². The molecule has 5 nitrogen and oxygen atoms in total. The predicted octanol–water partition coefficient (Wildman–Crippen LogP) is 4.14. The van der Waals surface area contributed by atoms with Crippen LogP contribution in [0.4, 0.5) is 11.4 Å². The van der Waals surface area contributed by atoms with Gasteiger partial charge in [0.1, 0.15) is 0 Å². The highest BCUT2D eigenvalue weighted by Crippen LogP contribution is 2.18. The van der Waals surface area contributed by atoms with E-state index in [-0.39, 0.29) is 11.8 Å². The molecule has 1 heterocycles. The molecule has 0 aromatic heterocycles. The van der Waals surface area contributed by atoms with Crippen molar-refractivity contribution in [2.75, 3.05) is 30.3 Å². The van der Waals surface area contributed by atoms with Crippen LogP contribution in [0.5, 0.6) is 0 Å². The molecule has 2 amide bonds. The summed E-state index contributed by atoms with van der Waals surface area (Å²) in [5, 5.41) is 5.79. The molecule has 1 fully saturated rings. The fraction of sp³-hybridized carbons (Fsp3) is 0.364. The van der Waals surface area contributed by atoms with Gasteiger partial charge in [-0.25, -0.2) is 0 Å². The van der Waals surface area contributed by atoms with Crippen LogP contribution < -0.4 is 10.6 Å². The van der Waals surface area contributed by atoms with Crippen molar-refractivity contribution in [1.82, 2.24) is 4.90 Å². The van der Waals surface area contributed by atoms with E-state index >= 15 is 0 Å². The quantitative estimate of drug-likeness (QED) is 0.837. The SMILES string of the molecule is O=C(CN1CCCCCCC1)Nc1ccccc1C(=O)Nc1ccccc1. The van der Waals surface area contributed by atoms with E-state index in [2.05, 4.69) is 15.5 Å². The molecular formula is C22H27N3O2. The van der Waals surface area contributed by atoms with Crippen molar-refractivity contribution in [2.24, 2.45) is 0 Å². The number of anilines is 2. The minimum atomic E-state index is -0.233. The highest BCUT2D eigenvalue weighted by molar-refractivity contribution is 6.10. The number of nitrogens with one attached hydrogen (secondary N) is 2. The van der Waals surface area contributed by atoms with Gasteiger partial charge in [0, 0.05) is 5.69 Å². The Balaban J connectivity index is 1.62. The molecule has 142 valence electrons.